The van der Waals surface area contributed by atoms with E-state index in [2.05, 4.69) is 5.32 Å². The summed E-state index contributed by atoms with van der Waals surface area (Å²) in [6, 6.07) is 13.9. The Labute approximate surface area is 147 Å². The molecule has 0 aliphatic carbocycles. The van der Waals surface area contributed by atoms with Gasteiger partial charge in [-0.3, -0.25) is 4.79 Å². The molecule has 1 atom stereocenters. The molecule has 2 rings (SSSR count). The van der Waals surface area contributed by atoms with Crippen molar-refractivity contribution in [3.8, 4) is 11.5 Å². The maximum atomic E-state index is 12.4. The monoisotopic (exact) mass is 344 g/mol. The third-order valence-electron chi connectivity index (χ3n) is 3.71. The molecule has 6 heteroatoms. The fourth-order valence-electron chi connectivity index (χ4n) is 2.30. The van der Waals surface area contributed by atoms with Crippen molar-refractivity contribution in [2.45, 2.75) is 12.6 Å². The number of ether oxygens (including phenoxy) is 3. The van der Waals surface area contributed by atoms with E-state index in [4.69, 9.17) is 19.9 Å². The fourth-order valence-corrected chi connectivity index (χ4v) is 2.30. The molecule has 0 radical (unpaired) electrons. The second-order valence-corrected chi connectivity index (χ2v) is 5.42. The van der Waals surface area contributed by atoms with E-state index in [0.29, 0.717) is 31.1 Å². The molecule has 25 heavy (non-hydrogen) atoms. The lowest BCUT2D eigenvalue weighted by Gasteiger charge is -2.15. The van der Waals surface area contributed by atoms with Gasteiger partial charge >= 0.3 is 0 Å². The maximum absolute atomic E-state index is 12.4. The van der Waals surface area contributed by atoms with Gasteiger partial charge in [0.2, 0.25) is 5.91 Å². The smallest absolute Gasteiger partial charge is 0.241 e. The van der Waals surface area contributed by atoms with Crippen LogP contribution in [-0.4, -0.2) is 33.3 Å². The fraction of sp³-hybridized carbons (Fsp3) is 0.316. The number of rotatable bonds is 9. The number of hydrogen-bond acceptors (Lipinski definition) is 5. The highest BCUT2D eigenvalue weighted by atomic mass is 16.5. The van der Waals surface area contributed by atoms with Crippen LogP contribution in [0.4, 0.5) is 0 Å². The lowest BCUT2D eigenvalue weighted by molar-refractivity contribution is -0.122. The molecule has 0 heterocycles. The maximum Gasteiger partial charge on any atom is 0.241 e. The molecule has 0 saturated carbocycles. The standard InChI is InChI=1S/C19H24N2O4/c1-23-10-11-25-17-9-4-3-6-15(17)13-21-19(22)18(20)14-7-5-8-16(12-14)24-2/h3-9,12,18H,10-11,13,20H2,1-2H3,(H,21,22). The Bertz CT molecular complexity index is 691. The third-order valence-corrected chi connectivity index (χ3v) is 3.71. The van der Waals surface area contributed by atoms with Crippen molar-refractivity contribution in [3.63, 3.8) is 0 Å². The zero-order chi connectivity index (χ0) is 18.1. The lowest BCUT2D eigenvalue weighted by Crippen LogP contribution is -2.33. The first-order valence-electron chi connectivity index (χ1n) is 8.02. The van der Waals surface area contributed by atoms with Crippen LogP contribution >= 0.6 is 0 Å². The van der Waals surface area contributed by atoms with Crippen molar-refractivity contribution in [3.05, 3.63) is 59.7 Å². The number of hydrogen-bond donors (Lipinski definition) is 2. The van der Waals surface area contributed by atoms with Gasteiger partial charge in [-0.05, 0) is 23.8 Å². The molecule has 1 unspecified atom stereocenters. The van der Waals surface area contributed by atoms with Gasteiger partial charge in [-0.1, -0.05) is 30.3 Å². The van der Waals surface area contributed by atoms with E-state index >= 15 is 0 Å². The molecule has 2 aromatic rings. The van der Waals surface area contributed by atoms with Crippen LogP contribution in [0.5, 0.6) is 11.5 Å². The summed E-state index contributed by atoms with van der Waals surface area (Å²) in [7, 11) is 3.20. The summed E-state index contributed by atoms with van der Waals surface area (Å²) in [5, 5.41) is 2.85. The zero-order valence-corrected chi connectivity index (χ0v) is 14.5. The molecular formula is C19H24N2O4. The normalized spacial score (nSPS) is 11.6. The van der Waals surface area contributed by atoms with Gasteiger partial charge in [0.05, 0.1) is 13.7 Å². The molecule has 0 aliphatic rings. The molecule has 0 aromatic heterocycles. The summed E-state index contributed by atoms with van der Waals surface area (Å²) in [6.45, 7) is 1.28. The highest BCUT2D eigenvalue weighted by Crippen LogP contribution is 2.20. The number of nitrogens with one attached hydrogen (secondary N) is 1. The first-order valence-corrected chi connectivity index (χ1v) is 8.02. The highest BCUT2D eigenvalue weighted by Gasteiger charge is 2.16. The SMILES string of the molecule is COCCOc1ccccc1CNC(=O)C(N)c1cccc(OC)c1. The predicted molar refractivity (Wildman–Crippen MR) is 95.6 cm³/mol. The van der Waals surface area contributed by atoms with Crippen LogP contribution in [0.1, 0.15) is 17.2 Å². The van der Waals surface area contributed by atoms with Gasteiger partial charge in [0, 0.05) is 19.2 Å². The van der Waals surface area contributed by atoms with Gasteiger partial charge in [-0.25, -0.2) is 0 Å². The van der Waals surface area contributed by atoms with E-state index in [-0.39, 0.29) is 5.91 Å². The van der Waals surface area contributed by atoms with Crippen LogP contribution in [0.2, 0.25) is 0 Å². The molecular weight excluding hydrogens is 320 g/mol. The van der Waals surface area contributed by atoms with Crippen molar-refractivity contribution in [1.82, 2.24) is 5.32 Å². The van der Waals surface area contributed by atoms with Crippen molar-refractivity contribution in [2.75, 3.05) is 27.4 Å². The minimum absolute atomic E-state index is 0.264. The van der Waals surface area contributed by atoms with Gasteiger partial charge in [0.25, 0.3) is 0 Å². The Morgan fingerprint density at radius 3 is 2.68 bits per heavy atom. The van der Waals surface area contributed by atoms with Crippen molar-refractivity contribution < 1.29 is 19.0 Å². The summed E-state index contributed by atoms with van der Waals surface area (Å²) in [5.41, 5.74) is 7.62. The molecule has 0 aliphatic heterocycles. The van der Waals surface area contributed by atoms with Gasteiger partial charge < -0.3 is 25.3 Å². The van der Waals surface area contributed by atoms with Gasteiger partial charge in [0.15, 0.2) is 0 Å². The van der Waals surface area contributed by atoms with Crippen molar-refractivity contribution >= 4 is 5.91 Å². The first-order chi connectivity index (χ1) is 12.2. The van der Waals surface area contributed by atoms with Crippen LogP contribution in [0, 0.1) is 0 Å². The van der Waals surface area contributed by atoms with E-state index in [9.17, 15) is 4.79 Å². The number of carbonyl (C=O) groups excluding carboxylic acids is 1. The quantitative estimate of drug-likeness (QED) is 0.680. The second-order valence-electron chi connectivity index (χ2n) is 5.42. The molecule has 3 N–H and O–H groups in total. The largest absolute Gasteiger partial charge is 0.497 e. The number of benzene rings is 2. The van der Waals surface area contributed by atoms with Gasteiger partial charge in [-0.15, -0.1) is 0 Å². The van der Waals surface area contributed by atoms with Gasteiger partial charge in [0.1, 0.15) is 24.1 Å². The van der Waals surface area contributed by atoms with E-state index in [1.807, 2.05) is 30.3 Å². The molecule has 6 nitrogen and oxygen atoms in total. The average molecular weight is 344 g/mol. The number of methoxy groups -OCH3 is 2. The van der Waals surface area contributed by atoms with Crippen molar-refractivity contribution in [2.24, 2.45) is 5.73 Å². The summed E-state index contributed by atoms with van der Waals surface area (Å²) >= 11 is 0. The molecule has 134 valence electrons. The molecule has 0 fully saturated rings. The number of amides is 1. The van der Waals surface area contributed by atoms with Crippen LogP contribution in [-0.2, 0) is 16.1 Å². The zero-order valence-electron chi connectivity index (χ0n) is 14.5. The summed E-state index contributed by atoms with van der Waals surface area (Å²) in [4.78, 5) is 12.4. The highest BCUT2D eigenvalue weighted by molar-refractivity contribution is 5.83. The summed E-state index contributed by atoms with van der Waals surface area (Å²) in [5.74, 6) is 1.12. The second kappa shape index (κ2) is 9.66. The molecule has 1 amide bonds. The number of nitrogens with two attached hydrogens (primary N) is 1. The third kappa shape index (κ3) is 5.48. The van der Waals surface area contributed by atoms with E-state index < -0.39 is 6.04 Å². The first kappa shape index (κ1) is 18.8. The molecule has 0 bridgehead atoms. The molecule has 2 aromatic carbocycles. The van der Waals surface area contributed by atoms with Crippen LogP contribution in [0.25, 0.3) is 0 Å². The minimum atomic E-state index is -0.767. The average Bonchev–Trinajstić information content (AvgIpc) is 2.66. The van der Waals surface area contributed by atoms with Crippen LogP contribution < -0.4 is 20.5 Å². The molecule has 0 saturated heterocycles. The summed E-state index contributed by atoms with van der Waals surface area (Å²) < 4.78 is 15.8. The Hall–Kier alpha value is -2.57. The predicted octanol–water partition coefficient (Wildman–Crippen LogP) is 2.04. The van der Waals surface area contributed by atoms with E-state index in [0.717, 1.165) is 11.3 Å². The Balaban J connectivity index is 1.97. The number of para-hydroxylation sites is 1. The Kier molecular flexibility index (Phi) is 7.25. The lowest BCUT2D eigenvalue weighted by atomic mass is 10.1. The Morgan fingerprint density at radius 2 is 1.92 bits per heavy atom. The van der Waals surface area contributed by atoms with Crippen LogP contribution in [0.15, 0.2) is 48.5 Å². The van der Waals surface area contributed by atoms with E-state index in [1.54, 1.807) is 32.4 Å². The van der Waals surface area contributed by atoms with E-state index in [1.165, 1.54) is 0 Å². The van der Waals surface area contributed by atoms with Crippen molar-refractivity contribution in [1.29, 1.82) is 0 Å². The van der Waals surface area contributed by atoms with Crippen LogP contribution in [0.3, 0.4) is 0 Å². The topological polar surface area (TPSA) is 82.8 Å². The summed E-state index contributed by atoms with van der Waals surface area (Å²) in [6.07, 6.45) is 0. The molecule has 0 spiro atoms. The minimum Gasteiger partial charge on any atom is -0.497 e. The van der Waals surface area contributed by atoms with Gasteiger partial charge in [-0.2, -0.15) is 0 Å². The Morgan fingerprint density at radius 1 is 1.12 bits per heavy atom. The number of carbonyl (C=O) groups is 1.